The predicted octanol–water partition coefficient (Wildman–Crippen LogP) is 15.3. The van der Waals surface area contributed by atoms with Crippen molar-refractivity contribution in [1.29, 1.82) is 0 Å². The summed E-state index contributed by atoms with van der Waals surface area (Å²) in [5.74, 6) is 5.56. The number of halogens is 2. The van der Waals surface area contributed by atoms with Crippen LogP contribution in [0.2, 0.25) is 0 Å². The Kier molecular flexibility index (Phi) is 8.49. The van der Waals surface area contributed by atoms with E-state index in [1.54, 1.807) is 0 Å². The van der Waals surface area contributed by atoms with Gasteiger partial charge in [0.25, 0.3) is 20.1 Å². The monoisotopic (exact) mass is 1250 g/mol. The van der Waals surface area contributed by atoms with Gasteiger partial charge < -0.3 is 41.8 Å². The van der Waals surface area contributed by atoms with Gasteiger partial charge in [-0.2, -0.15) is 0 Å². The molecule has 0 bridgehead atoms. The van der Waals surface area contributed by atoms with Crippen LogP contribution in [0.25, 0.3) is 114 Å². The molecule has 12 heterocycles. The Balaban J connectivity index is 0.812. The van der Waals surface area contributed by atoms with Gasteiger partial charge in [-0.15, -0.1) is 0 Å². The molecule has 0 saturated heterocycles. The number of hydrogen-bond acceptors (Lipinski definition) is 6. The van der Waals surface area contributed by atoms with Gasteiger partial charge in [0.2, 0.25) is 0 Å². The van der Waals surface area contributed by atoms with E-state index in [1.807, 2.05) is 23.1 Å². The number of rotatable bonds is 1. The van der Waals surface area contributed by atoms with E-state index in [0.29, 0.717) is 51.6 Å². The number of hydrogen-bond donors (Lipinski definition) is 0. The number of nitrogens with zero attached hydrogens (tertiary/aromatic N) is 4. The molecule has 14 heteroatoms. The largest absolute Gasteiger partial charge is 0.458 e. The maximum Gasteiger partial charge on any atom is 0.260 e. The first-order valence-corrected chi connectivity index (χ1v) is 33.4. The summed E-state index contributed by atoms with van der Waals surface area (Å²) in [5, 5.41) is 12.1. The van der Waals surface area contributed by atoms with Crippen LogP contribution in [0.5, 0.6) is 57.5 Å². The second-order valence-corrected chi connectivity index (χ2v) is 27.3. The summed E-state index contributed by atoms with van der Waals surface area (Å²) in [6.07, 6.45) is 0. The summed E-state index contributed by atoms with van der Waals surface area (Å²) in [5.41, 5.74) is 18.5. The number of anilines is 3. The zero-order valence-electron chi connectivity index (χ0n) is 51.3. The lowest BCUT2D eigenvalue weighted by Crippen LogP contribution is -2.64. The molecule has 14 aromatic carbocycles. The maximum atomic E-state index is 17.8. The number of fused-ring (bicyclic) bond motifs is 36. The van der Waals surface area contributed by atoms with Crippen LogP contribution in [-0.4, -0.2) is 33.3 Å². The van der Waals surface area contributed by atoms with Crippen LogP contribution in [0, 0.1) is 11.6 Å². The predicted molar refractivity (Wildman–Crippen MR) is 392 cm³/mol. The molecule has 6 aliphatic rings. The first-order chi connectivity index (χ1) is 48.5. The highest BCUT2D eigenvalue weighted by Gasteiger charge is 2.52. The van der Waals surface area contributed by atoms with Gasteiger partial charge >= 0.3 is 0 Å². The lowest BCUT2D eigenvalue weighted by atomic mass is 9.30. The SMILES string of the molecule is Fc1cccc(F)c1N1c2cc3c(cc2B2c4ccccc4Oc4c2c1c1c2ccccc2n2c5ccccc5c4c12)B1c2cc4c(cc2Oc2c1c(c1c5ccccc5n5c6ccccc6c2c15)O3)Oc1c2c(c3c5ccccc5n5c6ccccc6c1c35)Oc1ccccc1B42. The van der Waals surface area contributed by atoms with Crippen LogP contribution in [-0.2, 0) is 0 Å². The van der Waals surface area contributed by atoms with Gasteiger partial charge in [-0.1, -0.05) is 164 Å². The smallest absolute Gasteiger partial charge is 0.260 e. The Hall–Kier alpha value is -12.7. The van der Waals surface area contributed by atoms with Gasteiger partial charge in [0.1, 0.15) is 74.8 Å². The molecule has 6 aromatic heterocycles. The maximum absolute atomic E-state index is 17.8. The fourth-order valence-corrected chi connectivity index (χ4v) is 19.5. The molecule has 0 aliphatic carbocycles. The summed E-state index contributed by atoms with van der Waals surface area (Å²) in [4.78, 5) is 1.85. The molecule has 20 aromatic rings. The minimum atomic E-state index is -0.706. The van der Waals surface area contributed by atoms with Crippen LogP contribution in [0.4, 0.5) is 25.8 Å². The number of para-hydroxylation sites is 9. The summed E-state index contributed by atoms with van der Waals surface area (Å²) in [6, 6.07) is 81.1. The Morgan fingerprint density at radius 1 is 0.255 bits per heavy atom. The molecule has 6 aliphatic heterocycles. The first-order valence-electron chi connectivity index (χ1n) is 33.4. The zero-order chi connectivity index (χ0) is 63.1. The topological polar surface area (TPSA) is 62.6 Å². The van der Waals surface area contributed by atoms with Crippen molar-refractivity contribution >= 4 is 201 Å². The Bertz CT molecular complexity index is 7240. The highest BCUT2D eigenvalue weighted by Crippen LogP contribution is 2.57. The van der Waals surface area contributed by atoms with Crippen LogP contribution in [0.15, 0.2) is 237 Å². The van der Waals surface area contributed by atoms with Crippen molar-refractivity contribution in [1.82, 2.24) is 13.2 Å². The summed E-state index contributed by atoms with van der Waals surface area (Å²) < 4.78 is 80.8. The highest BCUT2D eigenvalue weighted by atomic mass is 19.1. The molecule has 0 saturated carbocycles. The van der Waals surface area contributed by atoms with Crippen molar-refractivity contribution in [2.75, 3.05) is 4.90 Å². The lowest BCUT2D eigenvalue weighted by Gasteiger charge is -2.42. The Morgan fingerprint density at radius 2 is 0.571 bits per heavy atom. The molecule has 0 N–H and O–H groups in total. The third kappa shape index (κ3) is 5.47. The zero-order valence-corrected chi connectivity index (χ0v) is 51.3. The molecule has 448 valence electrons. The van der Waals surface area contributed by atoms with Gasteiger partial charge in [-0.3, -0.25) is 0 Å². The van der Waals surface area contributed by atoms with E-state index in [9.17, 15) is 0 Å². The van der Waals surface area contributed by atoms with Gasteiger partial charge in [-0.25, -0.2) is 8.78 Å². The van der Waals surface area contributed by atoms with Gasteiger partial charge in [0.15, 0.2) is 0 Å². The van der Waals surface area contributed by atoms with Gasteiger partial charge in [-0.05, 0) is 98.9 Å². The van der Waals surface area contributed by atoms with Crippen LogP contribution in [0.1, 0.15) is 0 Å². The molecule has 0 fully saturated rings. The number of benzene rings is 14. The van der Waals surface area contributed by atoms with Gasteiger partial charge in [0.05, 0.1) is 82.3 Å². The minimum absolute atomic E-state index is 0.198. The number of aromatic nitrogens is 3. The van der Waals surface area contributed by atoms with Crippen molar-refractivity contribution in [3.8, 4) is 57.5 Å². The molecule has 0 atom stereocenters. The van der Waals surface area contributed by atoms with Crippen molar-refractivity contribution in [3.05, 3.63) is 248 Å². The molecular formula is C84H39B3F2N4O5. The molecule has 0 amide bonds. The fourth-order valence-electron chi connectivity index (χ4n) is 19.5. The second-order valence-electron chi connectivity index (χ2n) is 27.3. The summed E-state index contributed by atoms with van der Waals surface area (Å²) >= 11 is 0. The fraction of sp³-hybridized carbons (Fsp3) is 0. The molecule has 0 unspecified atom stereocenters. The molecule has 98 heavy (non-hydrogen) atoms. The number of ether oxygens (including phenoxy) is 5. The molecule has 0 radical (unpaired) electrons. The third-order valence-corrected chi connectivity index (χ3v) is 23.0. The summed E-state index contributed by atoms with van der Waals surface area (Å²) in [7, 11) is 0. The average molecular weight is 1250 g/mol. The van der Waals surface area contributed by atoms with Crippen molar-refractivity contribution in [2.24, 2.45) is 0 Å². The molecule has 26 rings (SSSR count). The first kappa shape index (κ1) is 49.9. The van der Waals surface area contributed by atoms with E-state index in [-0.39, 0.29) is 12.4 Å². The van der Waals surface area contributed by atoms with Crippen molar-refractivity contribution in [2.45, 2.75) is 0 Å². The Morgan fingerprint density at radius 3 is 1.00 bits per heavy atom. The van der Waals surface area contributed by atoms with Crippen LogP contribution >= 0.6 is 0 Å². The van der Waals surface area contributed by atoms with E-state index < -0.39 is 25.1 Å². The van der Waals surface area contributed by atoms with E-state index in [1.165, 1.54) is 18.2 Å². The van der Waals surface area contributed by atoms with Crippen molar-refractivity contribution in [3.63, 3.8) is 0 Å². The van der Waals surface area contributed by atoms with Crippen LogP contribution in [0.3, 0.4) is 0 Å². The lowest BCUT2D eigenvalue weighted by molar-refractivity contribution is 0.459. The van der Waals surface area contributed by atoms with Crippen LogP contribution < -0.4 is 77.7 Å². The molecule has 9 nitrogen and oxygen atoms in total. The molecule has 0 spiro atoms. The molecular weight excluding hydrogens is 1220 g/mol. The van der Waals surface area contributed by atoms with Gasteiger partial charge in [0, 0.05) is 66.4 Å². The Labute approximate surface area is 553 Å². The van der Waals surface area contributed by atoms with E-state index >= 15 is 8.78 Å². The third-order valence-electron chi connectivity index (χ3n) is 23.0. The summed E-state index contributed by atoms with van der Waals surface area (Å²) in [6.45, 7) is -1.39. The quantitative estimate of drug-likeness (QED) is 0.153. The second kappa shape index (κ2) is 16.7. The standard InChI is InChI=1S/C84H39B3F2N4O5/c88-52-26-17-27-53(89)75(52)93-60-38-63-49(36-48(60)85-46-24-7-15-34-61(46)94-80-67-41-19-2-10-29-55(41)90-54-28-9-1-18-40(54)66(76(67)90)79(93)72(80)85)87-51-37-50-64(39-65(51)98-84-71-45-23-6-14-33-59(45)92-58-32-13-5-22-44(58)70(78(71)92)83(96-63)74(84)87)97-82-69-43-21-4-12-31-57(43)91-56-30-11-3-20-42(56)68(77(69)91)81-73(82)86(50)47-25-8-16-35-62(47)95-81/h1-39H. The van der Waals surface area contributed by atoms with E-state index in [2.05, 4.69) is 213 Å². The normalized spacial score (nSPS) is 14.3. The average Bonchev–Trinajstić information content (AvgIpc) is 1.41. The minimum Gasteiger partial charge on any atom is -0.458 e. The highest BCUT2D eigenvalue weighted by molar-refractivity contribution is 7.03. The van der Waals surface area contributed by atoms with E-state index in [4.69, 9.17) is 23.7 Å². The van der Waals surface area contributed by atoms with E-state index in [0.717, 1.165) is 181 Å². The van der Waals surface area contributed by atoms with Crippen molar-refractivity contribution < 1.29 is 32.5 Å².